The van der Waals surface area contributed by atoms with Gasteiger partial charge >= 0.3 is 0 Å². The van der Waals surface area contributed by atoms with E-state index in [9.17, 15) is 5.11 Å². The first-order valence-corrected chi connectivity index (χ1v) is 5.23. The third-order valence-electron chi connectivity index (χ3n) is 3.97. The van der Waals surface area contributed by atoms with E-state index in [2.05, 4.69) is 20.8 Å². The second kappa shape index (κ2) is 2.29. The van der Waals surface area contributed by atoms with Crippen LogP contribution in [0.5, 0.6) is 0 Å². The first-order valence-electron chi connectivity index (χ1n) is 5.23. The number of epoxide rings is 1. The fraction of sp³-hybridized carbons (Fsp3) is 1.00. The fourth-order valence-electron chi connectivity index (χ4n) is 3.18. The zero-order valence-electron chi connectivity index (χ0n) is 9.05. The highest BCUT2D eigenvalue weighted by Gasteiger charge is 2.72. The van der Waals surface area contributed by atoms with Crippen LogP contribution in [0.4, 0.5) is 0 Å². The molecule has 1 heterocycles. The van der Waals surface area contributed by atoms with Crippen LogP contribution < -0.4 is 0 Å². The van der Waals surface area contributed by atoms with Crippen molar-refractivity contribution in [3.63, 3.8) is 0 Å². The second-order valence-electron chi connectivity index (χ2n) is 5.56. The van der Waals surface area contributed by atoms with Gasteiger partial charge in [-0.15, -0.1) is 0 Å². The van der Waals surface area contributed by atoms with E-state index in [-0.39, 0.29) is 11.2 Å². The van der Waals surface area contributed by atoms with E-state index >= 15 is 0 Å². The Bertz CT molecular complexity index is 232. The van der Waals surface area contributed by atoms with Crippen LogP contribution >= 0.6 is 0 Å². The van der Waals surface area contributed by atoms with Gasteiger partial charge in [0.15, 0.2) is 0 Å². The summed E-state index contributed by atoms with van der Waals surface area (Å²) in [5.74, 6) is 0.626. The fourth-order valence-corrected chi connectivity index (χ4v) is 3.18. The molecule has 1 spiro atoms. The minimum atomic E-state index is -0.631. The van der Waals surface area contributed by atoms with Crippen LogP contribution in [-0.2, 0) is 4.74 Å². The lowest BCUT2D eigenvalue weighted by Gasteiger charge is -2.39. The topological polar surface area (TPSA) is 32.8 Å². The van der Waals surface area contributed by atoms with Crippen molar-refractivity contribution in [3.8, 4) is 0 Å². The summed E-state index contributed by atoms with van der Waals surface area (Å²) in [5, 5.41) is 10.3. The van der Waals surface area contributed by atoms with Gasteiger partial charge in [-0.25, -0.2) is 0 Å². The molecule has 1 N–H and O–H groups in total. The zero-order chi connectivity index (χ0) is 9.91. The van der Waals surface area contributed by atoms with Crippen molar-refractivity contribution in [1.82, 2.24) is 0 Å². The number of ether oxygens (including phenoxy) is 1. The van der Waals surface area contributed by atoms with E-state index < -0.39 is 5.60 Å². The molecule has 3 atom stereocenters. The van der Waals surface area contributed by atoms with E-state index in [1.165, 1.54) is 6.42 Å². The Kier molecular flexibility index (Phi) is 1.67. The molecule has 1 aliphatic heterocycles. The summed E-state index contributed by atoms with van der Waals surface area (Å²) < 4.78 is 5.75. The van der Waals surface area contributed by atoms with Crippen molar-refractivity contribution in [2.24, 2.45) is 5.92 Å². The number of aliphatic hydroxyl groups is 1. The molecule has 0 aromatic rings. The number of rotatable bonds is 0. The van der Waals surface area contributed by atoms with Crippen LogP contribution in [0.1, 0.15) is 47.0 Å². The highest BCUT2D eigenvalue weighted by molar-refractivity contribution is 5.21. The third kappa shape index (κ3) is 1.08. The minimum Gasteiger partial charge on any atom is -0.387 e. The van der Waals surface area contributed by atoms with Crippen LogP contribution in [-0.4, -0.2) is 21.9 Å². The van der Waals surface area contributed by atoms with Crippen molar-refractivity contribution in [3.05, 3.63) is 0 Å². The minimum absolute atomic E-state index is 0.114. The normalized spacial score (nSPS) is 53.8. The van der Waals surface area contributed by atoms with Gasteiger partial charge in [0.1, 0.15) is 5.60 Å². The number of hydrogen-bond donors (Lipinski definition) is 1. The molecular weight excluding hydrogens is 164 g/mol. The van der Waals surface area contributed by atoms with E-state index in [0.717, 1.165) is 12.8 Å². The van der Waals surface area contributed by atoms with Crippen LogP contribution in [0.2, 0.25) is 0 Å². The van der Waals surface area contributed by atoms with Gasteiger partial charge in [0.25, 0.3) is 0 Å². The molecule has 1 saturated heterocycles. The Morgan fingerprint density at radius 3 is 2.23 bits per heavy atom. The van der Waals surface area contributed by atoms with Gasteiger partial charge in [-0.2, -0.15) is 0 Å². The van der Waals surface area contributed by atoms with Crippen LogP contribution in [0.25, 0.3) is 0 Å². The highest BCUT2D eigenvalue weighted by Crippen LogP contribution is 2.61. The molecule has 1 aliphatic carbocycles. The zero-order valence-corrected chi connectivity index (χ0v) is 9.05. The molecule has 0 unspecified atom stereocenters. The van der Waals surface area contributed by atoms with E-state index in [4.69, 9.17) is 4.74 Å². The summed E-state index contributed by atoms with van der Waals surface area (Å²) >= 11 is 0. The molecule has 0 radical (unpaired) electrons. The molecule has 2 nitrogen and oxygen atoms in total. The Hall–Kier alpha value is -0.0800. The monoisotopic (exact) mass is 184 g/mol. The van der Waals surface area contributed by atoms with Crippen molar-refractivity contribution in [2.75, 3.05) is 0 Å². The van der Waals surface area contributed by atoms with E-state index in [1.54, 1.807) is 0 Å². The summed E-state index contributed by atoms with van der Waals surface area (Å²) in [5.41, 5.74) is -0.989. The maximum atomic E-state index is 10.3. The first kappa shape index (κ1) is 9.47. The summed E-state index contributed by atoms with van der Waals surface area (Å²) in [7, 11) is 0. The van der Waals surface area contributed by atoms with Crippen LogP contribution in [0.3, 0.4) is 0 Å². The lowest BCUT2D eigenvalue weighted by molar-refractivity contribution is -0.0659. The van der Waals surface area contributed by atoms with Gasteiger partial charge in [-0.1, -0.05) is 6.92 Å². The molecule has 2 fully saturated rings. The molecule has 2 heteroatoms. The average Bonchev–Trinajstić information content (AvgIpc) is 2.48. The SMILES string of the molecule is C[C@@H]1CC[C@]2(OC2(C)C)[C@](C)(O)C1. The van der Waals surface area contributed by atoms with E-state index in [1.807, 2.05) is 6.92 Å². The van der Waals surface area contributed by atoms with Crippen molar-refractivity contribution in [2.45, 2.75) is 63.8 Å². The Balaban J connectivity index is 2.23. The van der Waals surface area contributed by atoms with Gasteiger partial charge in [-0.3, -0.25) is 0 Å². The van der Waals surface area contributed by atoms with E-state index in [0.29, 0.717) is 5.92 Å². The Labute approximate surface area is 80.3 Å². The number of hydrogen-bond acceptors (Lipinski definition) is 2. The lowest BCUT2D eigenvalue weighted by Crippen LogP contribution is -2.50. The van der Waals surface area contributed by atoms with Gasteiger partial charge in [0.05, 0.1) is 11.2 Å². The third-order valence-corrected chi connectivity index (χ3v) is 3.97. The molecule has 13 heavy (non-hydrogen) atoms. The largest absolute Gasteiger partial charge is 0.387 e. The highest BCUT2D eigenvalue weighted by atomic mass is 16.6. The van der Waals surface area contributed by atoms with Crippen LogP contribution in [0, 0.1) is 5.92 Å². The Morgan fingerprint density at radius 2 is 1.85 bits per heavy atom. The van der Waals surface area contributed by atoms with Crippen molar-refractivity contribution in [1.29, 1.82) is 0 Å². The summed E-state index contributed by atoms with van der Waals surface area (Å²) in [6.45, 7) is 8.29. The molecule has 0 bridgehead atoms. The summed E-state index contributed by atoms with van der Waals surface area (Å²) in [6.07, 6.45) is 3.06. The van der Waals surface area contributed by atoms with Crippen molar-refractivity contribution >= 4 is 0 Å². The smallest absolute Gasteiger partial charge is 0.126 e. The van der Waals surface area contributed by atoms with Crippen molar-refractivity contribution < 1.29 is 9.84 Å². The summed E-state index contributed by atoms with van der Waals surface area (Å²) in [4.78, 5) is 0. The standard InChI is InChI=1S/C11H20O2/c1-8-5-6-11(9(2,3)13-11)10(4,12)7-8/h8,12H,5-7H2,1-4H3/t8-,10-,11-/m1/s1. The maximum Gasteiger partial charge on any atom is 0.126 e. The quantitative estimate of drug-likeness (QED) is 0.585. The predicted molar refractivity (Wildman–Crippen MR) is 51.5 cm³/mol. The van der Waals surface area contributed by atoms with Gasteiger partial charge in [0, 0.05) is 0 Å². The molecule has 1 saturated carbocycles. The molecule has 2 rings (SSSR count). The van der Waals surface area contributed by atoms with Gasteiger partial charge in [0.2, 0.25) is 0 Å². The summed E-state index contributed by atoms with van der Waals surface area (Å²) in [6, 6.07) is 0. The second-order valence-corrected chi connectivity index (χ2v) is 5.56. The molecular formula is C11H20O2. The molecule has 0 aromatic carbocycles. The lowest BCUT2D eigenvalue weighted by atomic mass is 9.67. The van der Waals surface area contributed by atoms with Gasteiger partial charge < -0.3 is 9.84 Å². The van der Waals surface area contributed by atoms with Gasteiger partial charge in [-0.05, 0) is 46.0 Å². The molecule has 2 aliphatic rings. The molecule has 0 amide bonds. The first-order chi connectivity index (χ1) is 5.81. The molecule has 0 aromatic heterocycles. The average molecular weight is 184 g/mol. The Morgan fingerprint density at radius 1 is 1.31 bits per heavy atom. The van der Waals surface area contributed by atoms with Crippen LogP contribution in [0.15, 0.2) is 0 Å². The molecule has 76 valence electrons. The predicted octanol–water partition coefficient (Wildman–Crippen LogP) is 2.11. The maximum absolute atomic E-state index is 10.3.